The molecule has 1 N–H and O–H groups in total. The molecule has 0 bridgehead atoms. The second kappa shape index (κ2) is 5.33. The molecule has 92 valence electrons. The summed E-state index contributed by atoms with van der Waals surface area (Å²) in [5.74, 6) is 2.64. The third kappa shape index (κ3) is 2.56. The summed E-state index contributed by atoms with van der Waals surface area (Å²) in [6.45, 7) is 0. The second-order valence-corrected chi connectivity index (χ2v) is 6.98. The molecule has 1 saturated heterocycles. The van der Waals surface area contributed by atoms with Crippen molar-refractivity contribution in [2.24, 2.45) is 0 Å². The Balaban J connectivity index is 1.72. The largest absolute Gasteiger partial charge is 0.306 e. The van der Waals surface area contributed by atoms with Gasteiger partial charge in [0.1, 0.15) is 0 Å². The maximum atomic E-state index is 3.86. The minimum atomic E-state index is 0.589. The molecule has 3 heteroatoms. The van der Waals surface area contributed by atoms with Crippen LogP contribution in [0.4, 0.5) is 0 Å². The van der Waals surface area contributed by atoms with Crippen LogP contribution >= 0.6 is 27.7 Å². The minimum Gasteiger partial charge on any atom is -0.306 e. The third-order valence-corrected chi connectivity index (χ3v) is 5.77. The summed E-state index contributed by atoms with van der Waals surface area (Å²) >= 11 is 5.77. The van der Waals surface area contributed by atoms with Gasteiger partial charge in [-0.3, -0.25) is 0 Å². The maximum absolute atomic E-state index is 3.86. The van der Waals surface area contributed by atoms with E-state index in [-0.39, 0.29) is 0 Å². The fraction of sp³-hybridized carbons (Fsp3) is 0.571. The molecular weight excluding hydrogens is 294 g/mol. The van der Waals surface area contributed by atoms with E-state index < -0.39 is 0 Å². The van der Waals surface area contributed by atoms with Crippen LogP contribution in [0.25, 0.3) is 0 Å². The summed E-state index contributed by atoms with van der Waals surface area (Å²) in [4.78, 5) is 0. The van der Waals surface area contributed by atoms with Crippen LogP contribution in [-0.4, -0.2) is 17.5 Å². The first kappa shape index (κ1) is 12.1. The van der Waals surface area contributed by atoms with Crippen LogP contribution in [0.1, 0.15) is 36.4 Å². The summed E-state index contributed by atoms with van der Waals surface area (Å²) < 4.78 is 1.29. The van der Waals surface area contributed by atoms with E-state index in [9.17, 15) is 0 Å². The van der Waals surface area contributed by atoms with Crippen LogP contribution in [0.3, 0.4) is 0 Å². The van der Waals surface area contributed by atoms with Crippen molar-refractivity contribution in [2.45, 2.75) is 37.8 Å². The van der Waals surface area contributed by atoms with Gasteiger partial charge in [-0.05, 0) is 48.6 Å². The Labute approximate surface area is 116 Å². The van der Waals surface area contributed by atoms with Crippen molar-refractivity contribution in [1.82, 2.24) is 5.32 Å². The molecule has 1 aromatic rings. The number of thioether (sulfide) groups is 1. The number of hydrogen-bond acceptors (Lipinski definition) is 2. The average molecular weight is 312 g/mol. The van der Waals surface area contributed by atoms with Crippen molar-refractivity contribution >= 4 is 27.7 Å². The number of halogens is 1. The van der Waals surface area contributed by atoms with E-state index in [4.69, 9.17) is 0 Å². The van der Waals surface area contributed by atoms with Crippen LogP contribution in [0, 0.1) is 0 Å². The number of nitrogens with one attached hydrogen (secondary N) is 1. The van der Waals surface area contributed by atoms with Crippen LogP contribution in [0.15, 0.2) is 22.7 Å². The standard InChI is InChI=1S/C14H18BrNS/c15-13-5-1-4-12-11(13)6-7-14(12)16-10-3-2-8-17-9-10/h1,4-5,10,14,16H,2-3,6-9H2. The average Bonchev–Trinajstić information content (AvgIpc) is 2.76. The van der Waals surface area contributed by atoms with Gasteiger partial charge in [-0.1, -0.05) is 28.1 Å². The van der Waals surface area contributed by atoms with Crippen LogP contribution in [-0.2, 0) is 6.42 Å². The molecular formula is C14H18BrNS. The highest BCUT2D eigenvalue weighted by Crippen LogP contribution is 2.36. The van der Waals surface area contributed by atoms with Crippen molar-refractivity contribution in [3.8, 4) is 0 Å². The second-order valence-electron chi connectivity index (χ2n) is 4.98. The molecule has 1 fully saturated rings. The Morgan fingerprint density at radius 1 is 1.29 bits per heavy atom. The minimum absolute atomic E-state index is 0.589. The highest BCUT2D eigenvalue weighted by atomic mass is 79.9. The lowest BCUT2D eigenvalue weighted by Gasteiger charge is -2.26. The third-order valence-electron chi connectivity index (χ3n) is 3.81. The lowest BCUT2D eigenvalue weighted by Crippen LogP contribution is -2.35. The molecule has 0 radical (unpaired) electrons. The zero-order chi connectivity index (χ0) is 11.7. The predicted octanol–water partition coefficient (Wildman–Crippen LogP) is 3.92. The molecule has 3 rings (SSSR count). The van der Waals surface area contributed by atoms with Crippen molar-refractivity contribution in [1.29, 1.82) is 0 Å². The topological polar surface area (TPSA) is 12.0 Å². The molecule has 1 aliphatic carbocycles. The van der Waals surface area contributed by atoms with Gasteiger partial charge in [0, 0.05) is 22.3 Å². The monoisotopic (exact) mass is 311 g/mol. The molecule has 0 spiro atoms. The van der Waals surface area contributed by atoms with Crippen molar-refractivity contribution in [2.75, 3.05) is 11.5 Å². The van der Waals surface area contributed by atoms with Crippen LogP contribution < -0.4 is 5.32 Å². The Morgan fingerprint density at radius 2 is 2.24 bits per heavy atom. The van der Waals surface area contributed by atoms with Crippen molar-refractivity contribution < 1.29 is 0 Å². The van der Waals surface area contributed by atoms with E-state index in [0.717, 1.165) is 6.04 Å². The molecule has 1 heterocycles. The molecule has 0 saturated carbocycles. The SMILES string of the molecule is Brc1cccc2c1CCC2NC1CCCSC1. The smallest absolute Gasteiger partial charge is 0.0329 e. The van der Waals surface area contributed by atoms with E-state index in [0.29, 0.717) is 6.04 Å². The van der Waals surface area contributed by atoms with E-state index in [2.05, 4.69) is 51.2 Å². The summed E-state index contributed by atoms with van der Waals surface area (Å²) in [7, 11) is 0. The zero-order valence-electron chi connectivity index (χ0n) is 9.92. The highest BCUT2D eigenvalue weighted by molar-refractivity contribution is 9.10. The molecule has 1 aromatic carbocycles. The normalized spacial score (nSPS) is 28.1. The van der Waals surface area contributed by atoms with E-state index in [1.807, 2.05) is 0 Å². The summed E-state index contributed by atoms with van der Waals surface area (Å²) in [6.07, 6.45) is 5.21. The molecule has 17 heavy (non-hydrogen) atoms. The van der Waals surface area contributed by atoms with Gasteiger partial charge in [-0.25, -0.2) is 0 Å². The molecule has 1 nitrogen and oxygen atoms in total. The fourth-order valence-electron chi connectivity index (χ4n) is 2.94. The molecule has 1 aliphatic heterocycles. The first-order valence-electron chi connectivity index (χ1n) is 6.45. The maximum Gasteiger partial charge on any atom is 0.0329 e. The Bertz CT molecular complexity index is 401. The lowest BCUT2D eigenvalue weighted by molar-refractivity contribution is 0.431. The molecule has 0 amide bonds. The van der Waals surface area contributed by atoms with E-state index >= 15 is 0 Å². The fourth-order valence-corrected chi connectivity index (χ4v) is 4.60. The first-order valence-corrected chi connectivity index (χ1v) is 8.40. The van der Waals surface area contributed by atoms with Gasteiger partial charge >= 0.3 is 0 Å². The summed E-state index contributed by atoms with van der Waals surface area (Å²) in [6, 6.07) is 7.94. The number of hydrogen-bond donors (Lipinski definition) is 1. The first-order chi connectivity index (χ1) is 8.34. The number of benzene rings is 1. The van der Waals surface area contributed by atoms with Gasteiger partial charge in [-0.15, -0.1) is 0 Å². The Hall–Kier alpha value is 0.01000. The lowest BCUT2D eigenvalue weighted by atomic mass is 10.1. The van der Waals surface area contributed by atoms with Crippen LogP contribution in [0.5, 0.6) is 0 Å². The molecule has 2 unspecified atom stereocenters. The molecule has 2 atom stereocenters. The van der Waals surface area contributed by atoms with E-state index in [1.165, 1.54) is 52.8 Å². The predicted molar refractivity (Wildman–Crippen MR) is 78.7 cm³/mol. The van der Waals surface area contributed by atoms with Crippen molar-refractivity contribution in [3.05, 3.63) is 33.8 Å². The van der Waals surface area contributed by atoms with Gasteiger partial charge < -0.3 is 5.32 Å². The molecule has 2 aliphatic rings. The van der Waals surface area contributed by atoms with Gasteiger partial charge in [0.25, 0.3) is 0 Å². The van der Waals surface area contributed by atoms with Crippen molar-refractivity contribution in [3.63, 3.8) is 0 Å². The van der Waals surface area contributed by atoms with Gasteiger partial charge in [0.05, 0.1) is 0 Å². The summed E-state index contributed by atoms with van der Waals surface area (Å²) in [5.41, 5.74) is 3.04. The highest BCUT2D eigenvalue weighted by Gasteiger charge is 2.26. The van der Waals surface area contributed by atoms with E-state index in [1.54, 1.807) is 0 Å². The van der Waals surface area contributed by atoms with Gasteiger partial charge in [0.2, 0.25) is 0 Å². The van der Waals surface area contributed by atoms with Gasteiger partial charge in [-0.2, -0.15) is 11.8 Å². The Kier molecular flexibility index (Phi) is 3.78. The van der Waals surface area contributed by atoms with Gasteiger partial charge in [0.15, 0.2) is 0 Å². The number of fused-ring (bicyclic) bond motifs is 1. The van der Waals surface area contributed by atoms with Crippen LogP contribution in [0.2, 0.25) is 0 Å². The summed E-state index contributed by atoms with van der Waals surface area (Å²) in [5, 5.41) is 3.86. The zero-order valence-corrected chi connectivity index (χ0v) is 12.3. The number of rotatable bonds is 2. The molecule has 0 aromatic heterocycles. The quantitative estimate of drug-likeness (QED) is 0.888. The Morgan fingerprint density at radius 3 is 3.06 bits per heavy atom.